The molecule has 2 aliphatic rings. The van der Waals surface area contributed by atoms with Gasteiger partial charge in [0, 0.05) is 37.9 Å². The second-order valence-corrected chi connectivity index (χ2v) is 6.36. The maximum atomic E-state index is 6.03. The molecule has 5 heteroatoms. The summed E-state index contributed by atoms with van der Waals surface area (Å²) in [6.45, 7) is 6.67. The molecule has 0 spiro atoms. The highest BCUT2D eigenvalue weighted by atomic mass is 16.5. The first kappa shape index (κ1) is 14.6. The monoisotopic (exact) mass is 310 g/mol. The Morgan fingerprint density at radius 3 is 2.87 bits per heavy atom. The van der Waals surface area contributed by atoms with Crippen molar-refractivity contribution in [2.45, 2.75) is 25.6 Å². The number of anilines is 1. The van der Waals surface area contributed by atoms with E-state index >= 15 is 0 Å². The summed E-state index contributed by atoms with van der Waals surface area (Å²) in [5.74, 6) is 1.01. The van der Waals surface area contributed by atoms with Crippen LogP contribution in [0.25, 0.3) is 0 Å². The number of ether oxygens (including phenoxy) is 1. The van der Waals surface area contributed by atoms with Gasteiger partial charge in [-0.3, -0.25) is 4.90 Å². The number of rotatable bonds is 3. The molecule has 1 aromatic heterocycles. The van der Waals surface area contributed by atoms with Crippen LogP contribution in [0, 0.1) is 6.92 Å². The Kier molecular flexibility index (Phi) is 3.97. The Morgan fingerprint density at radius 2 is 2.04 bits per heavy atom. The van der Waals surface area contributed by atoms with Gasteiger partial charge in [-0.05, 0) is 12.5 Å². The van der Waals surface area contributed by atoms with Gasteiger partial charge in [-0.25, -0.2) is 9.97 Å². The van der Waals surface area contributed by atoms with Crippen LogP contribution in [0.2, 0.25) is 0 Å². The van der Waals surface area contributed by atoms with Gasteiger partial charge in [0.25, 0.3) is 0 Å². The van der Waals surface area contributed by atoms with Crippen LogP contribution in [0.15, 0.2) is 42.7 Å². The molecule has 5 nitrogen and oxygen atoms in total. The molecule has 1 aromatic carbocycles. The zero-order valence-corrected chi connectivity index (χ0v) is 13.4. The van der Waals surface area contributed by atoms with Gasteiger partial charge < -0.3 is 9.64 Å². The second kappa shape index (κ2) is 6.26. The summed E-state index contributed by atoms with van der Waals surface area (Å²) in [7, 11) is 0. The normalized spacial score (nSPS) is 24.7. The summed E-state index contributed by atoms with van der Waals surface area (Å²) < 4.78 is 6.03. The molecule has 120 valence electrons. The Balaban J connectivity index is 1.50. The minimum absolute atomic E-state index is 0.266. The van der Waals surface area contributed by atoms with Crippen LogP contribution >= 0.6 is 0 Å². The molecule has 4 rings (SSSR count). The minimum Gasteiger partial charge on any atom is -0.373 e. The first-order valence-electron chi connectivity index (χ1n) is 8.23. The van der Waals surface area contributed by atoms with Crippen molar-refractivity contribution in [3.05, 3.63) is 54.0 Å². The summed E-state index contributed by atoms with van der Waals surface area (Å²) in [6.07, 6.45) is 1.91. The molecule has 2 saturated heterocycles. The van der Waals surface area contributed by atoms with Gasteiger partial charge in [-0.2, -0.15) is 0 Å². The predicted octanol–water partition coefficient (Wildman–Crippen LogP) is 1.87. The average molecular weight is 310 g/mol. The van der Waals surface area contributed by atoms with E-state index in [0.717, 1.165) is 44.3 Å². The third kappa shape index (κ3) is 3.07. The van der Waals surface area contributed by atoms with Gasteiger partial charge in [0.2, 0.25) is 0 Å². The number of hydrogen-bond donors (Lipinski definition) is 0. The first-order chi connectivity index (χ1) is 11.3. The highest BCUT2D eigenvalue weighted by Gasteiger charge is 2.40. The van der Waals surface area contributed by atoms with E-state index < -0.39 is 0 Å². The number of hydrogen-bond acceptors (Lipinski definition) is 5. The highest BCUT2D eigenvalue weighted by Crippen LogP contribution is 2.27. The molecule has 0 unspecified atom stereocenters. The zero-order chi connectivity index (χ0) is 15.6. The molecule has 2 aliphatic heterocycles. The third-order valence-corrected chi connectivity index (χ3v) is 4.76. The Labute approximate surface area is 136 Å². The summed E-state index contributed by atoms with van der Waals surface area (Å²) in [5, 5.41) is 0. The highest BCUT2D eigenvalue weighted by molar-refractivity contribution is 5.41. The maximum absolute atomic E-state index is 6.03. The van der Waals surface area contributed by atoms with Gasteiger partial charge in [0.1, 0.15) is 12.1 Å². The maximum Gasteiger partial charge on any atom is 0.132 e. The smallest absolute Gasteiger partial charge is 0.132 e. The first-order valence-corrected chi connectivity index (χ1v) is 8.23. The van der Waals surface area contributed by atoms with Crippen LogP contribution in [-0.4, -0.2) is 53.3 Å². The Morgan fingerprint density at radius 1 is 1.17 bits per heavy atom. The van der Waals surface area contributed by atoms with Gasteiger partial charge in [0.05, 0.1) is 18.8 Å². The van der Waals surface area contributed by atoms with Crippen molar-refractivity contribution in [1.82, 2.24) is 14.9 Å². The molecule has 0 bridgehead atoms. The van der Waals surface area contributed by atoms with E-state index in [4.69, 9.17) is 4.74 Å². The van der Waals surface area contributed by atoms with Crippen molar-refractivity contribution in [1.29, 1.82) is 0 Å². The molecule has 2 fully saturated rings. The number of morpholine rings is 1. The van der Waals surface area contributed by atoms with E-state index in [1.807, 2.05) is 6.92 Å². The summed E-state index contributed by atoms with van der Waals surface area (Å²) >= 11 is 0. The SMILES string of the molecule is Cc1cc(N2C[C@@H]3OCCN(Cc4ccccc4)[C@H]3C2)ncn1. The van der Waals surface area contributed by atoms with Crippen LogP contribution in [0.5, 0.6) is 0 Å². The quantitative estimate of drug-likeness (QED) is 0.866. The van der Waals surface area contributed by atoms with Gasteiger partial charge in [0.15, 0.2) is 0 Å². The number of benzene rings is 1. The lowest BCUT2D eigenvalue weighted by Gasteiger charge is -2.36. The Hall–Kier alpha value is -1.98. The standard InChI is InChI=1S/C18H22N4O/c1-14-9-18(20-13-19-14)22-11-16-17(12-22)23-8-7-21(16)10-15-5-3-2-4-6-15/h2-6,9,13,16-17H,7-8,10-12H2,1H3/t16-,17-/m0/s1. The lowest BCUT2D eigenvalue weighted by molar-refractivity contribution is -0.0499. The van der Waals surface area contributed by atoms with Gasteiger partial charge in [-0.1, -0.05) is 30.3 Å². The van der Waals surface area contributed by atoms with E-state index in [1.54, 1.807) is 6.33 Å². The molecule has 0 saturated carbocycles. The predicted molar refractivity (Wildman–Crippen MR) is 89.4 cm³/mol. The van der Waals surface area contributed by atoms with Crippen LogP contribution in [-0.2, 0) is 11.3 Å². The van der Waals surface area contributed by atoms with E-state index in [0.29, 0.717) is 6.04 Å². The van der Waals surface area contributed by atoms with Crippen LogP contribution < -0.4 is 4.90 Å². The van der Waals surface area contributed by atoms with Crippen LogP contribution in [0.4, 0.5) is 5.82 Å². The fourth-order valence-corrected chi connectivity index (χ4v) is 3.57. The second-order valence-electron chi connectivity index (χ2n) is 6.36. The third-order valence-electron chi connectivity index (χ3n) is 4.76. The van der Waals surface area contributed by atoms with E-state index in [1.165, 1.54) is 5.56 Å². The van der Waals surface area contributed by atoms with Crippen molar-refractivity contribution in [2.24, 2.45) is 0 Å². The van der Waals surface area contributed by atoms with E-state index in [-0.39, 0.29) is 6.10 Å². The van der Waals surface area contributed by atoms with Gasteiger partial charge >= 0.3 is 0 Å². The molecule has 0 aliphatic carbocycles. The van der Waals surface area contributed by atoms with Gasteiger partial charge in [-0.15, -0.1) is 0 Å². The Bertz CT molecular complexity index is 663. The van der Waals surface area contributed by atoms with Crippen molar-refractivity contribution < 1.29 is 4.74 Å². The number of aryl methyl sites for hydroxylation is 1. The zero-order valence-electron chi connectivity index (χ0n) is 13.4. The lowest BCUT2D eigenvalue weighted by Crippen LogP contribution is -2.50. The molecule has 2 atom stereocenters. The molecular formula is C18H22N4O. The van der Waals surface area contributed by atoms with E-state index in [2.05, 4.69) is 56.2 Å². The van der Waals surface area contributed by atoms with Crippen molar-refractivity contribution in [2.75, 3.05) is 31.1 Å². The minimum atomic E-state index is 0.266. The fourth-order valence-electron chi connectivity index (χ4n) is 3.57. The summed E-state index contributed by atoms with van der Waals surface area (Å²) in [6, 6.07) is 13.2. The molecule has 3 heterocycles. The van der Waals surface area contributed by atoms with Crippen molar-refractivity contribution >= 4 is 5.82 Å². The van der Waals surface area contributed by atoms with Crippen molar-refractivity contribution in [3.8, 4) is 0 Å². The lowest BCUT2D eigenvalue weighted by atomic mass is 10.1. The molecule has 0 N–H and O–H groups in total. The fraction of sp³-hybridized carbons (Fsp3) is 0.444. The molecule has 0 amide bonds. The van der Waals surface area contributed by atoms with E-state index in [9.17, 15) is 0 Å². The molecular weight excluding hydrogens is 288 g/mol. The number of fused-ring (bicyclic) bond motifs is 1. The number of nitrogens with zero attached hydrogens (tertiary/aromatic N) is 4. The van der Waals surface area contributed by atoms with Crippen molar-refractivity contribution in [3.63, 3.8) is 0 Å². The van der Waals surface area contributed by atoms with Crippen LogP contribution in [0.1, 0.15) is 11.3 Å². The topological polar surface area (TPSA) is 41.5 Å². The molecule has 2 aromatic rings. The summed E-state index contributed by atoms with van der Waals surface area (Å²) in [5.41, 5.74) is 2.37. The average Bonchev–Trinajstić information content (AvgIpc) is 3.01. The molecule has 0 radical (unpaired) electrons. The summed E-state index contributed by atoms with van der Waals surface area (Å²) in [4.78, 5) is 13.5. The molecule has 23 heavy (non-hydrogen) atoms. The van der Waals surface area contributed by atoms with Crippen LogP contribution in [0.3, 0.4) is 0 Å². The number of aromatic nitrogens is 2. The largest absolute Gasteiger partial charge is 0.373 e.